The average Bonchev–Trinajstić information content (AvgIpc) is 2.59. The van der Waals surface area contributed by atoms with Crippen molar-refractivity contribution in [2.45, 2.75) is 32.4 Å². The van der Waals surface area contributed by atoms with Gasteiger partial charge in [-0.3, -0.25) is 4.79 Å². The predicted octanol–water partition coefficient (Wildman–Crippen LogP) is 3.37. The highest BCUT2D eigenvalue weighted by Crippen LogP contribution is 2.35. The quantitative estimate of drug-likeness (QED) is 0.830. The third-order valence-electron chi connectivity index (χ3n) is 4.57. The van der Waals surface area contributed by atoms with Crippen LogP contribution in [-0.4, -0.2) is 23.1 Å². The molecular formula is C21H20N2O3. The van der Waals surface area contributed by atoms with Gasteiger partial charge in [0, 0.05) is 11.1 Å². The molecule has 4 rings (SSSR count). The summed E-state index contributed by atoms with van der Waals surface area (Å²) in [4.78, 5) is 17.1. The SMILES string of the molecule is CC(C)(C)c1ccc2c(c1)C=C1C(=O)NC(c3ccc(O)cc3)=NC1O2. The number of hydrogen-bond acceptors (Lipinski definition) is 4. The van der Waals surface area contributed by atoms with E-state index in [2.05, 4.69) is 37.1 Å². The normalized spacial score (nSPS) is 18.7. The maximum absolute atomic E-state index is 12.6. The molecule has 1 unspecified atom stereocenters. The highest BCUT2D eigenvalue weighted by molar-refractivity contribution is 6.16. The van der Waals surface area contributed by atoms with Gasteiger partial charge in [-0.25, -0.2) is 4.99 Å². The minimum absolute atomic E-state index is 0.0173. The molecule has 0 saturated carbocycles. The van der Waals surface area contributed by atoms with Gasteiger partial charge in [0.05, 0.1) is 5.57 Å². The van der Waals surface area contributed by atoms with E-state index in [4.69, 9.17) is 4.74 Å². The first-order chi connectivity index (χ1) is 12.3. The van der Waals surface area contributed by atoms with E-state index in [1.54, 1.807) is 24.3 Å². The average molecular weight is 348 g/mol. The molecule has 0 radical (unpaired) electrons. The number of phenols is 1. The van der Waals surface area contributed by atoms with Gasteiger partial charge in [-0.15, -0.1) is 0 Å². The molecular weight excluding hydrogens is 328 g/mol. The van der Waals surface area contributed by atoms with E-state index in [-0.39, 0.29) is 17.1 Å². The molecule has 2 aromatic rings. The molecule has 1 amide bonds. The molecule has 1 atom stereocenters. The third kappa shape index (κ3) is 2.86. The van der Waals surface area contributed by atoms with E-state index in [0.29, 0.717) is 17.0 Å². The summed E-state index contributed by atoms with van der Waals surface area (Å²) in [6, 6.07) is 12.6. The molecule has 26 heavy (non-hydrogen) atoms. The Labute approximate surface area is 152 Å². The molecule has 0 fully saturated rings. The minimum atomic E-state index is -0.666. The third-order valence-corrected chi connectivity index (χ3v) is 4.57. The largest absolute Gasteiger partial charge is 0.508 e. The monoisotopic (exact) mass is 348 g/mol. The van der Waals surface area contributed by atoms with Crippen LogP contribution in [-0.2, 0) is 10.2 Å². The fourth-order valence-electron chi connectivity index (χ4n) is 3.03. The van der Waals surface area contributed by atoms with Gasteiger partial charge in [0.15, 0.2) is 0 Å². The lowest BCUT2D eigenvalue weighted by molar-refractivity contribution is -0.117. The molecule has 0 aliphatic carbocycles. The van der Waals surface area contributed by atoms with Crippen LogP contribution in [0.5, 0.6) is 11.5 Å². The van der Waals surface area contributed by atoms with E-state index in [0.717, 1.165) is 11.3 Å². The smallest absolute Gasteiger partial charge is 0.258 e. The van der Waals surface area contributed by atoms with Crippen molar-refractivity contribution in [1.29, 1.82) is 0 Å². The Morgan fingerprint density at radius 1 is 1.12 bits per heavy atom. The molecule has 2 aliphatic heterocycles. The lowest BCUT2D eigenvalue weighted by Crippen LogP contribution is -2.43. The van der Waals surface area contributed by atoms with Crippen molar-refractivity contribution in [3.05, 3.63) is 64.7 Å². The molecule has 5 heteroatoms. The number of phenolic OH excluding ortho intramolecular Hbond substituents is 1. The molecule has 2 heterocycles. The zero-order valence-corrected chi connectivity index (χ0v) is 14.9. The molecule has 0 saturated heterocycles. The predicted molar refractivity (Wildman–Crippen MR) is 100 cm³/mol. The number of rotatable bonds is 1. The van der Waals surface area contributed by atoms with Crippen molar-refractivity contribution in [3.8, 4) is 11.5 Å². The van der Waals surface area contributed by atoms with Crippen LogP contribution in [0.1, 0.15) is 37.5 Å². The zero-order valence-electron chi connectivity index (χ0n) is 14.9. The lowest BCUT2D eigenvalue weighted by atomic mass is 9.85. The maximum atomic E-state index is 12.6. The number of amidine groups is 1. The van der Waals surface area contributed by atoms with Crippen molar-refractivity contribution in [2.75, 3.05) is 0 Å². The summed E-state index contributed by atoms with van der Waals surface area (Å²) in [6.45, 7) is 6.45. The number of aliphatic imine (C=N–C) groups is 1. The Balaban J connectivity index is 1.72. The fourth-order valence-corrected chi connectivity index (χ4v) is 3.03. The summed E-state index contributed by atoms with van der Waals surface area (Å²) >= 11 is 0. The molecule has 0 spiro atoms. The van der Waals surface area contributed by atoms with Crippen LogP contribution < -0.4 is 10.1 Å². The molecule has 132 valence electrons. The minimum Gasteiger partial charge on any atom is -0.508 e. The maximum Gasteiger partial charge on any atom is 0.258 e. The van der Waals surface area contributed by atoms with Crippen molar-refractivity contribution >= 4 is 17.8 Å². The topological polar surface area (TPSA) is 70.9 Å². The van der Waals surface area contributed by atoms with E-state index in [1.807, 2.05) is 18.2 Å². The van der Waals surface area contributed by atoms with Crippen molar-refractivity contribution in [1.82, 2.24) is 5.32 Å². The van der Waals surface area contributed by atoms with Crippen LogP contribution in [0.3, 0.4) is 0 Å². The van der Waals surface area contributed by atoms with Gasteiger partial charge < -0.3 is 15.2 Å². The second-order valence-electron chi connectivity index (χ2n) is 7.55. The van der Waals surface area contributed by atoms with Crippen LogP contribution in [0, 0.1) is 0 Å². The standard InChI is InChI=1S/C21H20N2O3/c1-21(2,3)14-6-9-17-13(10-14)11-16-19(25)22-18(23-20(16)26-17)12-4-7-15(24)8-5-12/h4-11,20,24H,1-3H3,(H,22,23,25). The summed E-state index contributed by atoms with van der Waals surface area (Å²) in [5.74, 6) is 1.09. The Kier molecular flexibility index (Phi) is 3.61. The Morgan fingerprint density at radius 2 is 1.85 bits per heavy atom. The van der Waals surface area contributed by atoms with Gasteiger partial charge in [-0.2, -0.15) is 0 Å². The Hall–Kier alpha value is -3.08. The zero-order chi connectivity index (χ0) is 18.5. The molecule has 0 bridgehead atoms. The summed E-state index contributed by atoms with van der Waals surface area (Å²) in [5.41, 5.74) is 3.30. The van der Waals surface area contributed by atoms with Crippen molar-refractivity contribution < 1.29 is 14.6 Å². The Morgan fingerprint density at radius 3 is 2.54 bits per heavy atom. The highest BCUT2D eigenvalue weighted by Gasteiger charge is 2.33. The van der Waals surface area contributed by atoms with Crippen LogP contribution in [0.2, 0.25) is 0 Å². The number of hydrogen-bond donors (Lipinski definition) is 2. The van der Waals surface area contributed by atoms with Crippen molar-refractivity contribution in [3.63, 3.8) is 0 Å². The highest BCUT2D eigenvalue weighted by atomic mass is 16.5. The number of fused-ring (bicyclic) bond motifs is 2. The van der Waals surface area contributed by atoms with E-state index in [9.17, 15) is 9.90 Å². The van der Waals surface area contributed by atoms with Crippen LogP contribution in [0.15, 0.2) is 53.0 Å². The van der Waals surface area contributed by atoms with Crippen molar-refractivity contribution in [2.24, 2.45) is 4.99 Å². The Bertz CT molecular complexity index is 950. The van der Waals surface area contributed by atoms with Gasteiger partial charge >= 0.3 is 0 Å². The van der Waals surface area contributed by atoms with Gasteiger partial charge in [-0.1, -0.05) is 26.8 Å². The van der Waals surface area contributed by atoms with Gasteiger partial charge in [0.1, 0.15) is 17.3 Å². The number of carbonyl (C=O) groups is 1. The number of aromatic hydroxyl groups is 1. The molecule has 5 nitrogen and oxygen atoms in total. The first-order valence-corrected chi connectivity index (χ1v) is 8.52. The molecule has 2 N–H and O–H groups in total. The second-order valence-corrected chi connectivity index (χ2v) is 7.55. The number of ether oxygens (including phenoxy) is 1. The number of nitrogens with one attached hydrogen (secondary N) is 1. The molecule has 2 aliphatic rings. The number of nitrogens with zero attached hydrogens (tertiary/aromatic N) is 1. The van der Waals surface area contributed by atoms with E-state index < -0.39 is 6.23 Å². The van der Waals surface area contributed by atoms with E-state index >= 15 is 0 Å². The van der Waals surface area contributed by atoms with Gasteiger partial charge in [0.2, 0.25) is 6.23 Å². The summed E-state index contributed by atoms with van der Waals surface area (Å²) < 4.78 is 5.98. The number of carbonyl (C=O) groups excluding carboxylic acids is 1. The summed E-state index contributed by atoms with van der Waals surface area (Å²) in [7, 11) is 0. The summed E-state index contributed by atoms with van der Waals surface area (Å²) in [6.07, 6.45) is 1.19. The number of amides is 1. The first-order valence-electron chi connectivity index (χ1n) is 8.52. The van der Waals surface area contributed by atoms with Crippen LogP contribution in [0.4, 0.5) is 0 Å². The molecule has 0 aromatic heterocycles. The van der Waals surface area contributed by atoms with E-state index in [1.165, 1.54) is 5.56 Å². The second kappa shape index (κ2) is 5.73. The number of benzene rings is 2. The first kappa shape index (κ1) is 16.4. The van der Waals surface area contributed by atoms with Gasteiger partial charge in [0.25, 0.3) is 5.91 Å². The van der Waals surface area contributed by atoms with Gasteiger partial charge in [-0.05, 0) is 53.5 Å². The fraction of sp³-hybridized carbons (Fsp3) is 0.238. The van der Waals surface area contributed by atoms with Crippen LogP contribution >= 0.6 is 0 Å². The summed E-state index contributed by atoms with van der Waals surface area (Å²) in [5, 5.41) is 12.2. The molecule has 2 aromatic carbocycles. The van der Waals surface area contributed by atoms with Crippen LogP contribution in [0.25, 0.3) is 6.08 Å². The lowest BCUT2D eigenvalue weighted by Gasteiger charge is -2.29.